The molecule has 0 aliphatic carbocycles. The molecule has 1 aromatic rings. The van der Waals surface area contributed by atoms with Crippen LogP contribution in [0.1, 0.15) is 33.3 Å². The largest absolute Gasteiger partial charge is 0.514 e. The van der Waals surface area contributed by atoms with Crippen molar-refractivity contribution in [2.45, 2.75) is 33.3 Å². The molecule has 17 heavy (non-hydrogen) atoms. The molecule has 0 unspecified atom stereocenters. The Hall–Kier alpha value is -1.77. The van der Waals surface area contributed by atoms with Gasteiger partial charge >= 0.3 is 6.16 Å². The van der Waals surface area contributed by atoms with E-state index >= 15 is 0 Å². The number of ether oxygens (including phenoxy) is 2. The molecule has 3 nitrogen and oxygen atoms in total. The molecule has 0 atom stereocenters. The third-order valence-corrected chi connectivity index (χ3v) is 1.81. The number of carbonyl (C=O) groups excluding carboxylic acids is 1. The monoisotopic (exact) mass is 234 g/mol. The van der Waals surface area contributed by atoms with Crippen LogP contribution in [0.15, 0.2) is 30.3 Å². The molecule has 0 aliphatic heterocycles. The summed E-state index contributed by atoms with van der Waals surface area (Å²) in [6.45, 7) is 7.32. The van der Waals surface area contributed by atoms with Crippen molar-refractivity contribution in [1.29, 1.82) is 0 Å². The van der Waals surface area contributed by atoms with Crippen LogP contribution in [0.25, 0.3) is 6.08 Å². The second-order valence-electron chi connectivity index (χ2n) is 4.64. The third kappa shape index (κ3) is 5.20. The number of carbonyl (C=O) groups is 1. The minimum absolute atomic E-state index is 0.481. The molecular formula is C14H18O3. The number of allylic oxidation sites excluding steroid dienone is 1. The number of rotatable bonds is 2. The van der Waals surface area contributed by atoms with Crippen molar-refractivity contribution in [2.75, 3.05) is 0 Å². The summed E-state index contributed by atoms with van der Waals surface area (Å²) in [5, 5.41) is 0. The van der Waals surface area contributed by atoms with Gasteiger partial charge in [0.05, 0.1) is 0 Å². The van der Waals surface area contributed by atoms with Gasteiger partial charge in [-0.3, -0.25) is 0 Å². The molecule has 0 amide bonds. The molecule has 0 saturated heterocycles. The van der Waals surface area contributed by atoms with Gasteiger partial charge in [0.2, 0.25) is 0 Å². The lowest BCUT2D eigenvalue weighted by Gasteiger charge is -2.18. The second kappa shape index (κ2) is 5.53. The molecule has 0 radical (unpaired) electrons. The van der Waals surface area contributed by atoms with Gasteiger partial charge < -0.3 is 9.47 Å². The van der Waals surface area contributed by atoms with Crippen molar-refractivity contribution < 1.29 is 14.3 Å². The van der Waals surface area contributed by atoms with Gasteiger partial charge in [0.15, 0.2) is 0 Å². The summed E-state index contributed by atoms with van der Waals surface area (Å²) >= 11 is 0. The van der Waals surface area contributed by atoms with Crippen molar-refractivity contribution in [3.63, 3.8) is 0 Å². The molecule has 0 aromatic heterocycles. The van der Waals surface area contributed by atoms with E-state index in [0.717, 1.165) is 5.56 Å². The first-order chi connectivity index (χ1) is 7.90. The van der Waals surface area contributed by atoms with Crippen molar-refractivity contribution in [3.05, 3.63) is 35.9 Å². The standard InChI is InChI=1S/C14H18O3/c1-5-7-11-8-6-9-12(10-11)16-13(15)17-14(2,3)4/h5-10H,1-4H3. The first-order valence-electron chi connectivity index (χ1n) is 5.54. The van der Waals surface area contributed by atoms with Crippen LogP contribution in [0.5, 0.6) is 5.75 Å². The van der Waals surface area contributed by atoms with Crippen molar-refractivity contribution in [2.24, 2.45) is 0 Å². The van der Waals surface area contributed by atoms with Crippen molar-refractivity contribution in [3.8, 4) is 5.75 Å². The molecule has 0 aliphatic rings. The summed E-state index contributed by atoms with van der Waals surface area (Å²) in [6.07, 6.45) is 3.17. The van der Waals surface area contributed by atoms with Crippen LogP contribution in [0.2, 0.25) is 0 Å². The van der Waals surface area contributed by atoms with Gasteiger partial charge in [0, 0.05) is 0 Å². The molecule has 0 N–H and O–H groups in total. The van der Waals surface area contributed by atoms with Crippen LogP contribution in [0.4, 0.5) is 4.79 Å². The van der Waals surface area contributed by atoms with Gasteiger partial charge in [0.1, 0.15) is 11.4 Å². The quantitative estimate of drug-likeness (QED) is 0.572. The van der Waals surface area contributed by atoms with Crippen LogP contribution in [0, 0.1) is 0 Å². The predicted octanol–water partition coefficient (Wildman–Crippen LogP) is 4.03. The lowest BCUT2D eigenvalue weighted by molar-refractivity contribution is 0.0206. The molecule has 0 fully saturated rings. The highest BCUT2D eigenvalue weighted by atomic mass is 16.7. The van der Waals surface area contributed by atoms with Gasteiger partial charge in [-0.05, 0) is 45.4 Å². The Balaban J connectivity index is 2.68. The van der Waals surface area contributed by atoms with E-state index < -0.39 is 11.8 Å². The summed E-state index contributed by atoms with van der Waals surface area (Å²) in [5.41, 5.74) is 0.437. The minimum Gasteiger partial charge on any atom is -0.428 e. The molecule has 0 bridgehead atoms. The van der Waals surface area contributed by atoms with Gasteiger partial charge in [0.25, 0.3) is 0 Å². The maximum absolute atomic E-state index is 11.4. The van der Waals surface area contributed by atoms with E-state index in [2.05, 4.69) is 0 Å². The molecule has 0 spiro atoms. The molecule has 1 aromatic carbocycles. The Morgan fingerprint density at radius 2 is 2.00 bits per heavy atom. The second-order valence-corrected chi connectivity index (χ2v) is 4.64. The van der Waals surface area contributed by atoms with Crippen LogP contribution < -0.4 is 4.74 Å². The Bertz CT molecular complexity index is 414. The highest BCUT2D eigenvalue weighted by molar-refractivity contribution is 5.65. The Morgan fingerprint density at radius 3 is 2.59 bits per heavy atom. The van der Waals surface area contributed by atoms with Gasteiger partial charge in [-0.2, -0.15) is 0 Å². The zero-order valence-corrected chi connectivity index (χ0v) is 10.7. The highest BCUT2D eigenvalue weighted by Gasteiger charge is 2.17. The van der Waals surface area contributed by atoms with Gasteiger partial charge in [-0.1, -0.05) is 24.3 Å². The number of hydrogen-bond acceptors (Lipinski definition) is 3. The van der Waals surface area contributed by atoms with Gasteiger partial charge in [-0.15, -0.1) is 0 Å². The molecule has 0 heterocycles. The molecule has 0 saturated carbocycles. The summed E-state index contributed by atoms with van der Waals surface area (Å²) < 4.78 is 10.1. The van der Waals surface area contributed by atoms with E-state index in [0.29, 0.717) is 5.75 Å². The van der Waals surface area contributed by atoms with E-state index in [1.54, 1.807) is 32.9 Å². The third-order valence-electron chi connectivity index (χ3n) is 1.81. The summed E-state index contributed by atoms with van der Waals surface area (Å²) in [6, 6.07) is 7.26. The van der Waals surface area contributed by atoms with Crippen molar-refractivity contribution >= 4 is 12.2 Å². The maximum Gasteiger partial charge on any atom is 0.514 e. The van der Waals surface area contributed by atoms with E-state index in [4.69, 9.17) is 9.47 Å². The smallest absolute Gasteiger partial charge is 0.428 e. The fourth-order valence-electron chi connectivity index (χ4n) is 1.24. The number of hydrogen-bond donors (Lipinski definition) is 0. The van der Waals surface area contributed by atoms with Gasteiger partial charge in [-0.25, -0.2) is 4.79 Å². The maximum atomic E-state index is 11.4. The van der Waals surface area contributed by atoms with E-state index in [1.807, 2.05) is 31.2 Å². The Kier molecular flexibility index (Phi) is 4.32. The zero-order chi connectivity index (χ0) is 12.9. The Labute approximate surface area is 102 Å². The SMILES string of the molecule is CC=Cc1cccc(OC(=O)OC(C)(C)C)c1. The first kappa shape index (κ1) is 13.3. The molecule has 92 valence electrons. The average molecular weight is 234 g/mol. The van der Waals surface area contributed by atoms with Crippen molar-refractivity contribution in [1.82, 2.24) is 0 Å². The first-order valence-corrected chi connectivity index (χ1v) is 5.54. The van der Waals surface area contributed by atoms with Crippen LogP contribution in [0.3, 0.4) is 0 Å². The van der Waals surface area contributed by atoms with Crippen LogP contribution >= 0.6 is 0 Å². The van der Waals surface area contributed by atoms with E-state index in [-0.39, 0.29) is 0 Å². The van der Waals surface area contributed by atoms with E-state index in [1.165, 1.54) is 0 Å². The topological polar surface area (TPSA) is 35.5 Å². The van der Waals surface area contributed by atoms with E-state index in [9.17, 15) is 4.79 Å². The lowest BCUT2D eigenvalue weighted by Crippen LogP contribution is -2.25. The summed E-state index contributed by atoms with van der Waals surface area (Å²) in [4.78, 5) is 11.4. The normalized spacial score (nSPS) is 11.5. The minimum atomic E-state index is -0.685. The summed E-state index contributed by atoms with van der Waals surface area (Å²) in [7, 11) is 0. The zero-order valence-electron chi connectivity index (χ0n) is 10.7. The molecule has 1 rings (SSSR count). The van der Waals surface area contributed by atoms with Crippen LogP contribution in [-0.4, -0.2) is 11.8 Å². The number of benzene rings is 1. The van der Waals surface area contributed by atoms with Crippen LogP contribution in [-0.2, 0) is 4.74 Å². The fraction of sp³-hybridized carbons (Fsp3) is 0.357. The highest BCUT2D eigenvalue weighted by Crippen LogP contribution is 2.16. The predicted molar refractivity (Wildman–Crippen MR) is 68.0 cm³/mol. The average Bonchev–Trinajstić information content (AvgIpc) is 2.15. The summed E-state index contributed by atoms with van der Waals surface area (Å²) in [5.74, 6) is 0.481. The molecule has 3 heteroatoms. The Morgan fingerprint density at radius 1 is 1.29 bits per heavy atom. The lowest BCUT2D eigenvalue weighted by atomic mass is 10.2. The molecular weight excluding hydrogens is 216 g/mol. The fourth-order valence-corrected chi connectivity index (χ4v) is 1.24.